The molecule has 61 heavy (non-hydrogen) atoms. The molecule has 0 spiro atoms. The standard InChI is InChI=1S/C58H39N3/c1-3-14-42(15-4-1)54-39-55(60-58(59-54)44-16-5-2-6-17-44)43-30-28-40(29-31-43)45-18-11-20-47(36-45)49-22-13-23-50(38-49)48-21-12-19-46(37-48)41-32-34-51(35-33-41)61-56-26-9-7-24-52(56)53-25-8-10-27-57(53)61/h1-39H. The number of para-hydroxylation sites is 2. The van der Waals surface area contributed by atoms with E-state index in [0.29, 0.717) is 5.82 Å². The SMILES string of the molecule is c1ccc(-c2cc(-c3ccc(-c4cccc(-c5cccc(-c6cccc(-c7ccc(-n8c9ccccc9c9ccccc98)cc7)c6)c5)c4)cc3)nc(-c3ccccc3)n2)cc1. The van der Waals surface area contributed by atoms with Crippen LogP contribution in [-0.2, 0) is 0 Å². The van der Waals surface area contributed by atoms with Crippen molar-refractivity contribution in [2.75, 3.05) is 0 Å². The summed E-state index contributed by atoms with van der Waals surface area (Å²) in [6.45, 7) is 0. The van der Waals surface area contributed by atoms with E-state index < -0.39 is 0 Å². The molecule has 0 atom stereocenters. The molecular weight excluding hydrogens is 739 g/mol. The highest BCUT2D eigenvalue weighted by Crippen LogP contribution is 2.35. The summed E-state index contributed by atoms with van der Waals surface area (Å²) in [5, 5.41) is 2.54. The van der Waals surface area contributed by atoms with Crippen LogP contribution in [0.4, 0.5) is 0 Å². The maximum absolute atomic E-state index is 5.03. The van der Waals surface area contributed by atoms with Gasteiger partial charge >= 0.3 is 0 Å². The van der Waals surface area contributed by atoms with Gasteiger partial charge in [0.15, 0.2) is 5.82 Å². The van der Waals surface area contributed by atoms with Crippen molar-refractivity contribution in [3.63, 3.8) is 0 Å². The maximum Gasteiger partial charge on any atom is 0.160 e. The average Bonchev–Trinajstić information content (AvgIpc) is 3.69. The Morgan fingerprint density at radius 1 is 0.246 bits per heavy atom. The molecule has 9 aromatic carbocycles. The second kappa shape index (κ2) is 15.6. The molecule has 0 bridgehead atoms. The van der Waals surface area contributed by atoms with E-state index in [9.17, 15) is 0 Å². The second-order valence-corrected chi connectivity index (χ2v) is 15.4. The van der Waals surface area contributed by atoms with Crippen LogP contribution in [0.3, 0.4) is 0 Å². The Morgan fingerprint density at radius 2 is 0.590 bits per heavy atom. The lowest BCUT2D eigenvalue weighted by molar-refractivity contribution is 1.18. The van der Waals surface area contributed by atoms with E-state index in [-0.39, 0.29) is 0 Å². The van der Waals surface area contributed by atoms with Crippen LogP contribution >= 0.6 is 0 Å². The fraction of sp³-hybridized carbons (Fsp3) is 0. The molecule has 0 aliphatic rings. The molecule has 11 rings (SSSR count). The Morgan fingerprint density at radius 3 is 1.07 bits per heavy atom. The average molecular weight is 778 g/mol. The van der Waals surface area contributed by atoms with Gasteiger partial charge in [-0.05, 0) is 93.0 Å². The fourth-order valence-corrected chi connectivity index (χ4v) is 8.54. The van der Waals surface area contributed by atoms with Gasteiger partial charge in [-0.1, -0.05) is 188 Å². The Kier molecular flexibility index (Phi) is 9.18. The number of benzene rings is 9. The third-order valence-corrected chi connectivity index (χ3v) is 11.6. The predicted octanol–water partition coefficient (Wildman–Crippen LogP) is 15.2. The first-order valence-corrected chi connectivity index (χ1v) is 20.7. The molecule has 3 heteroatoms. The molecule has 11 aromatic rings. The summed E-state index contributed by atoms with van der Waals surface area (Å²) in [5.41, 5.74) is 17.9. The van der Waals surface area contributed by atoms with Crippen LogP contribution in [0, 0.1) is 0 Å². The van der Waals surface area contributed by atoms with Crippen LogP contribution in [0.5, 0.6) is 0 Å². The molecule has 3 nitrogen and oxygen atoms in total. The summed E-state index contributed by atoms with van der Waals surface area (Å²) < 4.78 is 2.36. The molecule has 2 heterocycles. The molecule has 0 amide bonds. The number of fused-ring (bicyclic) bond motifs is 3. The Balaban J connectivity index is 0.861. The van der Waals surface area contributed by atoms with Gasteiger partial charge in [-0.25, -0.2) is 9.97 Å². The van der Waals surface area contributed by atoms with Crippen molar-refractivity contribution in [3.05, 3.63) is 237 Å². The summed E-state index contributed by atoms with van der Waals surface area (Å²) in [7, 11) is 0. The molecule has 0 saturated carbocycles. The fourth-order valence-electron chi connectivity index (χ4n) is 8.54. The van der Waals surface area contributed by atoms with Crippen molar-refractivity contribution in [2.24, 2.45) is 0 Å². The summed E-state index contributed by atoms with van der Waals surface area (Å²) >= 11 is 0. The lowest BCUT2D eigenvalue weighted by atomic mass is 9.94. The molecule has 0 unspecified atom stereocenters. The van der Waals surface area contributed by atoms with E-state index in [1.54, 1.807) is 0 Å². The van der Waals surface area contributed by atoms with Crippen LogP contribution in [0.2, 0.25) is 0 Å². The van der Waals surface area contributed by atoms with Gasteiger partial charge in [0.25, 0.3) is 0 Å². The third kappa shape index (κ3) is 6.98. The molecule has 0 aliphatic carbocycles. The quantitative estimate of drug-likeness (QED) is 0.154. The molecule has 0 radical (unpaired) electrons. The largest absolute Gasteiger partial charge is 0.309 e. The van der Waals surface area contributed by atoms with E-state index in [0.717, 1.165) is 39.3 Å². The maximum atomic E-state index is 5.03. The number of aromatic nitrogens is 3. The number of hydrogen-bond donors (Lipinski definition) is 0. The minimum Gasteiger partial charge on any atom is -0.309 e. The first kappa shape index (κ1) is 36.0. The van der Waals surface area contributed by atoms with Gasteiger partial charge in [0, 0.05) is 33.2 Å². The number of nitrogens with zero attached hydrogens (tertiary/aromatic N) is 3. The second-order valence-electron chi connectivity index (χ2n) is 15.4. The van der Waals surface area contributed by atoms with Gasteiger partial charge in [0.2, 0.25) is 0 Å². The van der Waals surface area contributed by atoms with Crippen molar-refractivity contribution >= 4 is 21.8 Å². The monoisotopic (exact) mass is 777 g/mol. The van der Waals surface area contributed by atoms with Gasteiger partial charge in [-0.15, -0.1) is 0 Å². The lowest BCUT2D eigenvalue weighted by Crippen LogP contribution is -1.95. The molecule has 286 valence electrons. The molecule has 0 aliphatic heterocycles. The van der Waals surface area contributed by atoms with Gasteiger partial charge in [0.05, 0.1) is 22.4 Å². The molecule has 0 fully saturated rings. The van der Waals surface area contributed by atoms with Crippen molar-refractivity contribution < 1.29 is 0 Å². The van der Waals surface area contributed by atoms with Crippen LogP contribution in [0.25, 0.3) is 106 Å². The van der Waals surface area contributed by atoms with Crippen molar-refractivity contribution in [1.82, 2.24) is 14.5 Å². The number of rotatable bonds is 8. The summed E-state index contributed by atoms with van der Waals surface area (Å²) in [4.78, 5) is 9.99. The zero-order valence-electron chi connectivity index (χ0n) is 33.4. The number of hydrogen-bond acceptors (Lipinski definition) is 2. The highest BCUT2D eigenvalue weighted by Gasteiger charge is 2.14. The van der Waals surface area contributed by atoms with Gasteiger partial charge in [0.1, 0.15) is 0 Å². The van der Waals surface area contributed by atoms with Crippen molar-refractivity contribution in [2.45, 2.75) is 0 Å². The Hall–Kier alpha value is -8.14. The normalized spacial score (nSPS) is 11.3. The van der Waals surface area contributed by atoms with E-state index in [2.05, 4.69) is 205 Å². The van der Waals surface area contributed by atoms with E-state index >= 15 is 0 Å². The van der Waals surface area contributed by atoms with Gasteiger partial charge < -0.3 is 4.57 Å². The molecule has 0 N–H and O–H groups in total. The smallest absolute Gasteiger partial charge is 0.160 e. The zero-order chi connectivity index (χ0) is 40.5. The molecule has 2 aromatic heterocycles. The predicted molar refractivity (Wildman–Crippen MR) is 254 cm³/mol. The highest BCUT2D eigenvalue weighted by atomic mass is 15.0. The van der Waals surface area contributed by atoms with Crippen molar-refractivity contribution in [3.8, 4) is 84.1 Å². The minimum absolute atomic E-state index is 0.716. The van der Waals surface area contributed by atoms with Gasteiger partial charge in [-0.2, -0.15) is 0 Å². The third-order valence-electron chi connectivity index (χ3n) is 11.6. The minimum atomic E-state index is 0.716. The first-order valence-electron chi connectivity index (χ1n) is 20.7. The lowest BCUT2D eigenvalue weighted by Gasteiger charge is -2.12. The van der Waals surface area contributed by atoms with E-state index in [4.69, 9.17) is 9.97 Å². The first-order chi connectivity index (χ1) is 30.2. The topological polar surface area (TPSA) is 30.7 Å². The van der Waals surface area contributed by atoms with Gasteiger partial charge in [-0.3, -0.25) is 0 Å². The zero-order valence-corrected chi connectivity index (χ0v) is 33.4. The van der Waals surface area contributed by atoms with Crippen molar-refractivity contribution in [1.29, 1.82) is 0 Å². The van der Waals surface area contributed by atoms with Crippen LogP contribution in [-0.4, -0.2) is 14.5 Å². The van der Waals surface area contributed by atoms with Crippen LogP contribution in [0.15, 0.2) is 237 Å². The highest BCUT2D eigenvalue weighted by molar-refractivity contribution is 6.09. The molecule has 0 saturated heterocycles. The summed E-state index contributed by atoms with van der Waals surface area (Å²) in [6.07, 6.45) is 0. The summed E-state index contributed by atoms with van der Waals surface area (Å²) in [6, 6.07) is 84.1. The molecular formula is C58H39N3. The van der Waals surface area contributed by atoms with Crippen LogP contribution < -0.4 is 0 Å². The van der Waals surface area contributed by atoms with E-state index in [1.807, 2.05) is 36.4 Å². The summed E-state index contributed by atoms with van der Waals surface area (Å²) in [5.74, 6) is 0.716. The van der Waals surface area contributed by atoms with E-state index in [1.165, 1.54) is 60.8 Å². The Bertz CT molecular complexity index is 3220. The Labute approximate surface area is 355 Å². The van der Waals surface area contributed by atoms with Crippen LogP contribution in [0.1, 0.15) is 0 Å².